The summed E-state index contributed by atoms with van der Waals surface area (Å²) >= 11 is 0. The van der Waals surface area contributed by atoms with Crippen LogP contribution in [0.5, 0.6) is 0 Å². The number of amides is 1. The summed E-state index contributed by atoms with van der Waals surface area (Å²) in [5.41, 5.74) is 5.72. The largest absolute Gasteiger partial charge is 0.338 e. The van der Waals surface area contributed by atoms with Crippen LogP contribution in [-0.2, 0) is 19.9 Å². The van der Waals surface area contributed by atoms with E-state index in [0.717, 1.165) is 24.1 Å². The van der Waals surface area contributed by atoms with Crippen LogP contribution in [0.1, 0.15) is 21.6 Å². The van der Waals surface area contributed by atoms with E-state index in [1.54, 1.807) is 18.6 Å². The number of carbonyl (C=O) groups is 1. The molecular weight excluding hydrogens is 388 g/mol. The second kappa shape index (κ2) is 8.10. The number of hydrogen-bond acceptors (Lipinski definition) is 5. The van der Waals surface area contributed by atoms with Crippen LogP contribution in [0, 0.1) is 0 Å². The number of fused-ring (bicyclic) bond motifs is 1. The first-order valence-corrected chi connectivity index (χ1v) is 10.3. The van der Waals surface area contributed by atoms with Gasteiger partial charge in [-0.3, -0.25) is 14.5 Å². The lowest BCUT2D eigenvalue weighted by Gasteiger charge is -2.20. The van der Waals surface area contributed by atoms with E-state index in [1.807, 2.05) is 53.0 Å². The summed E-state index contributed by atoms with van der Waals surface area (Å²) in [6, 6.07) is 15.8. The van der Waals surface area contributed by atoms with Crippen molar-refractivity contribution in [2.24, 2.45) is 7.05 Å². The van der Waals surface area contributed by atoms with Gasteiger partial charge in [-0.25, -0.2) is 9.97 Å². The summed E-state index contributed by atoms with van der Waals surface area (Å²) < 4.78 is 1.95. The molecule has 1 aliphatic heterocycles. The molecular formula is C24H22N6O. The highest BCUT2D eigenvalue weighted by Gasteiger charge is 2.25. The van der Waals surface area contributed by atoms with Crippen molar-refractivity contribution in [3.63, 3.8) is 0 Å². The van der Waals surface area contributed by atoms with Gasteiger partial charge in [0.15, 0.2) is 5.82 Å². The quantitative estimate of drug-likeness (QED) is 0.518. The Labute approximate surface area is 180 Å². The van der Waals surface area contributed by atoms with Gasteiger partial charge in [-0.05, 0) is 18.6 Å². The number of carbonyl (C=O) groups excluding carboxylic acids is 1. The average molecular weight is 410 g/mol. The number of nitrogens with zero attached hydrogens (tertiary/aromatic N) is 6. The van der Waals surface area contributed by atoms with Crippen molar-refractivity contribution < 1.29 is 4.79 Å². The van der Waals surface area contributed by atoms with Crippen LogP contribution < -0.4 is 0 Å². The zero-order chi connectivity index (χ0) is 21.2. The summed E-state index contributed by atoms with van der Waals surface area (Å²) in [6.07, 6.45) is 6.42. The van der Waals surface area contributed by atoms with Gasteiger partial charge in [0.1, 0.15) is 5.69 Å². The first kappa shape index (κ1) is 19.1. The van der Waals surface area contributed by atoms with Gasteiger partial charge in [0.25, 0.3) is 5.91 Å². The number of rotatable bonds is 3. The van der Waals surface area contributed by atoms with Crippen LogP contribution in [-0.4, -0.2) is 48.6 Å². The van der Waals surface area contributed by atoms with Crippen molar-refractivity contribution in [1.29, 1.82) is 0 Å². The molecule has 4 aromatic rings. The predicted molar refractivity (Wildman–Crippen MR) is 117 cm³/mol. The lowest BCUT2D eigenvalue weighted by atomic mass is 10.0. The molecule has 1 amide bonds. The van der Waals surface area contributed by atoms with Crippen LogP contribution in [0.3, 0.4) is 0 Å². The van der Waals surface area contributed by atoms with Crippen molar-refractivity contribution in [3.8, 4) is 22.8 Å². The van der Waals surface area contributed by atoms with Crippen LogP contribution in [0.15, 0.2) is 67.1 Å². The molecule has 7 heteroatoms. The van der Waals surface area contributed by atoms with Crippen molar-refractivity contribution in [2.45, 2.75) is 12.8 Å². The van der Waals surface area contributed by atoms with Gasteiger partial charge >= 0.3 is 0 Å². The van der Waals surface area contributed by atoms with E-state index in [4.69, 9.17) is 5.10 Å². The number of benzene rings is 1. The number of aromatic nitrogens is 5. The molecule has 0 atom stereocenters. The first-order chi connectivity index (χ1) is 15.2. The van der Waals surface area contributed by atoms with Gasteiger partial charge < -0.3 is 4.90 Å². The van der Waals surface area contributed by atoms with E-state index >= 15 is 0 Å². The fourth-order valence-electron chi connectivity index (χ4n) is 4.06. The van der Waals surface area contributed by atoms with E-state index in [-0.39, 0.29) is 5.91 Å². The molecule has 0 saturated heterocycles. The standard InChI is InChI=1S/C24H22N6O/c1-29-21-11-14-30(13-10-19(21)22(28-29)17-7-3-2-4-8-17)24(31)18-15-26-23(27-16-18)20-9-5-6-12-25-20/h2-9,12,15-16H,10-11,13-14H2,1H3. The molecule has 0 fully saturated rings. The number of aryl methyl sites for hydroxylation is 1. The van der Waals surface area contributed by atoms with E-state index in [1.165, 1.54) is 11.3 Å². The predicted octanol–water partition coefficient (Wildman–Crippen LogP) is 3.18. The SMILES string of the molecule is Cn1nc(-c2ccccc2)c2c1CCN(C(=O)c1cnc(-c3ccccn3)nc1)CC2. The van der Waals surface area contributed by atoms with Gasteiger partial charge in [-0.1, -0.05) is 36.4 Å². The van der Waals surface area contributed by atoms with E-state index in [9.17, 15) is 4.79 Å². The molecule has 1 aliphatic rings. The molecule has 154 valence electrons. The fourth-order valence-corrected chi connectivity index (χ4v) is 4.06. The second-order valence-corrected chi connectivity index (χ2v) is 7.57. The summed E-state index contributed by atoms with van der Waals surface area (Å²) in [4.78, 5) is 28.0. The molecule has 0 unspecified atom stereocenters. The molecule has 0 bridgehead atoms. The third kappa shape index (κ3) is 3.70. The Morgan fingerprint density at radius 3 is 2.39 bits per heavy atom. The molecule has 0 aliphatic carbocycles. The normalized spacial score (nSPS) is 13.5. The van der Waals surface area contributed by atoms with Crippen LogP contribution in [0.2, 0.25) is 0 Å². The molecule has 4 heterocycles. The van der Waals surface area contributed by atoms with Gasteiger partial charge in [0.05, 0.1) is 11.3 Å². The van der Waals surface area contributed by atoms with E-state index in [2.05, 4.69) is 27.1 Å². The molecule has 3 aromatic heterocycles. The Balaban J connectivity index is 1.35. The van der Waals surface area contributed by atoms with Crippen molar-refractivity contribution in [3.05, 3.63) is 83.9 Å². The molecule has 31 heavy (non-hydrogen) atoms. The van der Waals surface area contributed by atoms with E-state index < -0.39 is 0 Å². The highest BCUT2D eigenvalue weighted by atomic mass is 16.2. The maximum atomic E-state index is 13.1. The van der Waals surface area contributed by atoms with Gasteiger partial charge in [-0.15, -0.1) is 0 Å². The highest BCUT2D eigenvalue weighted by molar-refractivity contribution is 5.93. The minimum atomic E-state index is -0.0467. The third-order valence-corrected chi connectivity index (χ3v) is 5.65. The fraction of sp³-hybridized carbons (Fsp3) is 0.208. The summed E-state index contributed by atoms with van der Waals surface area (Å²) in [7, 11) is 1.98. The molecule has 0 radical (unpaired) electrons. The Hall–Kier alpha value is -3.87. The highest BCUT2D eigenvalue weighted by Crippen LogP contribution is 2.28. The monoisotopic (exact) mass is 410 g/mol. The van der Waals surface area contributed by atoms with Crippen LogP contribution in [0.4, 0.5) is 0 Å². The Morgan fingerprint density at radius 2 is 1.65 bits per heavy atom. The third-order valence-electron chi connectivity index (χ3n) is 5.65. The van der Waals surface area contributed by atoms with Crippen LogP contribution >= 0.6 is 0 Å². The van der Waals surface area contributed by atoms with Gasteiger partial charge in [-0.2, -0.15) is 5.10 Å². The van der Waals surface area contributed by atoms with Gasteiger partial charge in [0.2, 0.25) is 0 Å². The second-order valence-electron chi connectivity index (χ2n) is 7.57. The Kier molecular flexibility index (Phi) is 5.00. The molecule has 0 spiro atoms. The zero-order valence-corrected chi connectivity index (χ0v) is 17.3. The van der Waals surface area contributed by atoms with Crippen LogP contribution in [0.25, 0.3) is 22.8 Å². The number of hydrogen-bond donors (Lipinski definition) is 0. The minimum Gasteiger partial charge on any atom is -0.338 e. The Bertz CT molecular complexity index is 1200. The van der Waals surface area contributed by atoms with Crippen molar-refractivity contribution in [1.82, 2.24) is 29.6 Å². The van der Waals surface area contributed by atoms with E-state index in [0.29, 0.717) is 30.2 Å². The molecule has 7 nitrogen and oxygen atoms in total. The molecule has 1 aromatic carbocycles. The lowest BCUT2D eigenvalue weighted by molar-refractivity contribution is 0.0761. The average Bonchev–Trinajstić information content (AvgIpc) is 3.00. The molecule has 0 saturated carbocycles. The summed E-state index contributed by atoms with van der Waals surface area (Å²) in [5, 5.41) is 4.76. The zero-order valence-electron chi connectivity index (χ0n) is 17.3. The molecule has 0 N–H and O–H groups in total. The maximum absolute atomic E-state index is 13.1. The maximum Gasteiger partial charge on any atom is 0.257 e. The van der Waals surface area contributed by atoms with Crippen molar-refractivity contribution in [2.75, 3.05) is 13.1 Å². The smallest absolute Gasteiger partial charge is 0.257 e. The summed E-state index contributed by atoms with van der Waals surface area (Å²) in [6.45, 7) is 1.28. The molecule has 5 rings (SSSR count). The lowest BCUT2D eigenvalue weighted by Crippen LogP contribution is -2.33. The van der Waals surface area contributed by atoms with Gasteiger partial charge in [0, 0.05) is 62.0 Å². The first-order valence-electron chi connectivity index (χ1n) is 10.3. The number of pyridine rings is 1. The summed E-state index contributed by atoms with van der Waals surface area (Å²) in [5.74, 6) is 0.466. The Morgan fingerprint density at radius 1 is 0.903 bits per heavy atom. The van der Waals surface area contributed by atoms with Crippen molar-refractivity contribution >= 4 is 5.91 Å². The minimum absolute atomic E-state index is 0.0467. The topological polar surface area (TPSA) is 76.8 Å².